The van der Waals surface area contributed by atoms with Gasteiger partial charge >= 0.3 is 0 Å². The van der Waals surface area contributed by atoms with Crippen molar-refractivity contribution in [3.63, 3.8) is 0 Å². The molecule has 0 amide bonds. The molecule has 0 bridgehead atoms. The van der Waals surface area contributed by atoms with Gasteiger partial charge in [0.25, 0.3) is 0 Å². The quantitative estimate of drug-likeness (QED) is 0.379. The first-order valence-corrected chi connectivity index (χ1v) is 12.0. The van der Waals surface area contributed by atoms with Crippen LogP contribution < -0.4 is 0 Å². The summed E-state index contributed by atoms with van der Waals surface area (Å²) in [5.41, 5.74) is 4.58. The molecule has 1 heteroatoms. The molecule has 1 N–H and O–H groups in total. The van der Waals surface area contributed by atoms with E-state index in [-0.39, 0.29) is 6.61 Å². The van der Waals surface area contributed by atoms with E-state index in [1.54, 1.807) is 5.57 Å². The lowest BCUT2D eigenvalue weighted by molar-refractivity contribution is 0.0929. The molecule has 2 aliphatic rings. The zero-order valence-electron chi connectivity index (χ0n) is 19.4. The van der Waals surface area contributed by atoms with Crippen LogP contribution in [0.1, 0.15) is 98.8 Å². The van der Waals surface area contributed by atoms with Crippen LogP contribution in [0.2, 0.25) is 0 Å². The maximum atomic E-state index is 9.41. The predicted octanol–water partition coefficient (Wildman–Crippen LogP) is 7.87. The van der Waals surface area contributed by atoms with Crippen LogP contribution in [-0.2, 0) is 0 Å². The molecule has 0 radical (unpaired) electrons. The third-order valence-electron chi connectivity index (χ3n) is 7.93. The van der Waals surface area contributed by atoms with Crippen LogP contribution in [0.5, 0.6) is 0 Å². The lowest BCUT2D eigenvalue weighted by atomic mass is 9.60. The van der Waals surface area contributed by atoms with E-state index >= 15 is 0 Å². The van der Waals surface area contributed by atoms with E-state index in [1.165, 1.54) is 62.5 Å². The first-order chi connectivity index (χ1) is 13.3. The normalized spacial score (nSPS) is 30.7. The van der Waals surface area contributed by atoms with E-state index in [9.17, 15) is 5.11 Å². The molecular formula is C27H46O. The number of aliphatic hydroxyl groups is 1. The van der Waals surface area contributed by atoms with E-state index < -0.39 is 0 Å². The molecule has 0 aromatic rings. The second-order valence-electron chi connectivity index (χ2n) is 10.3. The fourth-order valence-corrected chi connectivity index (χ4v) is 6.20. The average molecular weight is 387 g/mol. The minimum absolute atomic E-state index is 0.213. The molecule has 0 spiro atoms. The van der Waals surface area contributed by atoms with Crippen molar-refractivity contribution >= 4 is 0 Å². The Bertz CT molecular complexity index is 567. The van der Waals surface area contributed by atoms with Gasteiger partial charge in [0.2, 0.25) is 0 Å². The number of fused-ring (bicyclic) bond motifs is 1. The number of hydrogen-bond donors (Lipinski definition) is 1. The van der Waals surface area contributed by atoms with Crippen LogP contribution in [0, 0.1) is 29.1 Å². The Labute approximate surface area is 175 Å². The minimum Gasteiger partial charge on any atom is -0.396 e. The van der Waals surface area contributed by atoms with Crippen molar-refractivity contribution in [2.75, 3.05) is 6.61 Å². The van der Waals surface area contributed by atoms with Gasteiger partial charge in [-0.25, -0.2) is 0 Å². The zero-order valence-corrected chi connectivity index (χ0v) is 19.4. The van der Waals surface area contributed by atoms with Gasteiger partial charge in [-0.05, 0) is 79.6 Å². The summed E-state index contributed by atoms with van der Waals surface area (Å²) in [4.78, 5) is 0. The number of rotatable bonds is 10. The zero-order chi connectivity index (χ0) is 20.7. The highest BCUT2D eigenvalue weighted by atomic mass is 16.2. The second-order valence-corrected chi connectivity index (χ2v) is 10.3. The van der Waals surface area contributed by atoms with Crippen molar-refractivity contribution in [2.45, 2.75) is 98.8 Å². The van der Waals surface area contributed by atoms with Gasteiger partial charge in [-0.1, -0.05) is 83.8 Å². The Balaban J connectivity index is 2.12. The molecule has 0 aliphatic heterocycles. The maximum absolute atomic E-state index is 9.41. The highest BCUT2D eigenvalue weighted by Gasteiger charge is 2.50. The highest BCUT2D eigenvalue weighted by molar-refractivity contribution is 5.34. The highest BCUT2D eigenvalue weighted by Crippen LogP contribution is 2.59. The van der Waals surface area contributed by atoms with E-state index in [0.29, 0.717) is 5.41 Å². The van der Waals surface area contributed by atoms with E-state index in [2.05, 4.69) is 53.3 Å². The Morgan fingerprint density at radius 3 is 2.64 bits per heavy atom. The topological polar surface area (TPSA) is 20.2 Å². The van der Waals surface area contributed by atoms with Crippen LogP contribution in [0.15, 0.2) is 35.5 Å². The minimum atomic E-state index is 0.213. The Morgan fingerprint density at radius 1 is 1.25 bits per heavy atom. The molecule has 0 unspecified atom stereocenters. The molecule has 4 atom stereocenters. The van der Waals surface area contributed by atoms with Crippen LogP contribution in [-0.4, -0.2) is 11.7 Å². The van der Waals surface area contributed by atoms with Crippen LogP contribution in [0.4, 0.5) is 0 Å². The van der Waals surface area contributed by atoms with Crippen LogP contribution in [0.3, 0.4) is 0 Å². The van der Waals surface area contributed by atoms with Gasteiger partial charge in [0, 0.05) is 6.61 Å². The summed E-state index contributed by atoms with van der Waals surface area (Å²) in [6.45, 7) is 16.4. The summed E-state index contributed by atoms with van der Waals surface area (Å²) in [5, 5.41) is 9.41. The summed E-state index contributed by atoms with van der Waals surface area (Å²) >= 11 is 0. The van der Waals surface area contributed by atoms with E-state index in [1.807, 2.05) is 0 Å². The standard InChI is InChI=1S/C27H46O/c1-7-21(4)23(17-19-28)13-14-24-12-9-18-27(6)25(15-16-26(24)27)22(5)11-8-10-20(2)3/h13-14,20,22,25-26,28H,4,7-12,15-19H2,1-3,5-6H3/b23-13-,24-14+/t22-,25-,26+,27-/m1/s1. The smallest absolute Gasteiger partial charge is 0.0471 e. The molecule has 0 aromatic heterocycles. The van der Waals surface area contributed by atoms with Crippen molar-refractivity contribution in [3.8, 4) is 0 Å². The van der Waals surface area contributed by atoms with Crippen molar-refractivity contribution in [1.82, 2.24) is 0 Å². The Morgan fingerprint density at radius 2 is 2.00 bits per heavy atom. The monoisotopic (exact) mass is 386 g/mol. The molecule has 1 nitrogen and oxygen atoms in total. The molecule has 28 heavy (non-hydrogen) atoms. The maximum Gasteiger partial charge on any atom is 0.0471 e. The number of aliphatic hydroxyl groups excluding tert-OH is 1. The summed E-state index contributed by atoms with van der Waals surface area (Å²) in [6.07, 6.45) is 17.4. The average Bonchev–Trinajstić information content (AvgIpc) is 3.01. The number of allylic oxidation sites excluding steroid dienone is 4. The lowest BCUT2D eigenvalue weighted by Gasteiger charge is -2.44. The van der Waals surface area contributed by atoms with Gasteiger partial charge in [-0.15, -0.1) is 0 Å². The predicted molar refractivity (Wildman–Crippen MR) is 123 cm³/mol. The van der Waals surface area contributed by atoms with Gasteiger partial charge < -0.3 is 5.11 Å². The Hall–Kier alpha value is -0.820. The van der Waals surface area contributed by atoms with Gasteiger partial charge in [0.15, 0.2) is 0 Å². The molecule has 2 fully saturated rings. The largest absolute Gasteiger partial charge is 0.396 e. The third kappa shape index (κ3) is 5.62. The van der Waals surface area contributed by atoms with Crippen molar-refractivity contribution in [3.05, 3.63) is 35.5 Å². The molecular weight excluding hydrogens is 340 g/mol. The molecule has 0 aromatic carbocycles. The molecule has 2 rings (SSSR count). The SMILES string of the molecule is C=C(CC)/C(=C\C=C1/CCC[C@]2(C)[C@@H]([C@H](C)CCCC(C)C)CC[C@@H]12)CCO. The second kappa shape index (κ2) is 10.8. The fraction of sp³-hybridized carbons (Fsp3) is 0.778. The van der Waals surface area contributed by atoms with E-state index in [0.717, 1.165) is 36.5 Å². The van der Waals surface area contributed by atoms with E-state index in [4.69, 9.17) is 0 Å². The summed E-state index contributed by atoms with van der Waals surface area (Å²) in [6, 6.07) is 0. The molecule has 0 heterocycles. The first-order valence-electron chi connectivity index (χ1n) is 12.0. The Kier molecular flexibility index (Phi) is 9.06. The van der Waals surface area contributed by atoms with Crippen molar-refractivity contribution < 1.29 is 5.11 Å². The van der Waals surface area contributed by atoms with Crippen molar-refractivity contribution in [1.29, 1.82) is 0 Å². The molecule has 2 saturated carbocycles. The molecule has 0 saturated heterocycles. The summed E-state index contributed by atoms with van der Waals surface area (Å²) in [7, 11) is 0. The van der Waals surface area contributed by atoms with Gasteiger partial charge in [-0.3, -0.25) is 0 Å². The first kappa shape index (κ1) is 23.5. The fourth-order valence-electron chi connectivity index (χ4n) is 6.20. The summed E-state index contributed by atoms with van der Waals surface area (Å²) < 4.78 is 0. The summed E-state index contributed by atoms with van der Waals surface area (Å²) in [5.74, 6) is 3.34. The van der Waals surface area contributed by atoms with Crippen LogP contribution in [0.25, 0.3) is 0 Å². The van der Waals surface area contributed by atoms with Gasteiger partial charge in [-0.2, -0.15) is 0 Å². The lowest BCUT2D eigenvalue weighted by Crippen LogP contribution is -2.36. The molecule has 2 aliphatic carbocycles. The van der Waals surface area contributed by atoms with Crippen molar-refractivity contribution in [2.24, 2.45) is 29.1 Å². The van der Waals surface area contributed by atoms with Crippen LogP contribution >= 0.6 is 0 Å². The van der Waals surface area contributed by atoms with Gasteiger partial charge in [0.1, 0.15) is 0 Å². The van der Waals surface area contributed by atoms with Gasteiger partial charge in [0.05, 0.1) is 0 Å². The number of hydrogen-bond acceptors (Lipinski definition) is 1. The molecule has 160 valence electrons. The third-order valence-corrected chi connectivity index (χ3v) is 7.93.